The van der Waals surface area contributed by atoms with Crippen molar-refractivity contribution in [1.29, 1.82) is 0 Å². The molecule has 0 saturated heterocycles. The maximum atomic E-state index is 12.8. The van der Waals surface area contributed by atoms with Crippen LogP contribution >= 0.6 is 31.9 Å². The van der Waals surface area contributed by atoms with E-state index in [9.17, 15) is 4.79 Å². The lowest BCUT2D eigenvalue weighted by Gasteiger charge is -2.11. The monoisotopic (exact) mass is 462 g/mol. The van der Waals surface area contributed by atoms with Crippen LogP contribution in [0.3, 0.4) is 0 Å². The van der Waals surface area contributed by atoms with E-state index in [-0.39, 0.29) is 12.7 Å². The van der Waals surface area contributed by atoms with E-state index in [0.717, 1.165) is 20.2 Å². The summed E-state index contributed by atoms with van der Waals surface area (Å²) in [6.45, 7) is 2.03. The van der Waals surface area contributed by atoms with Crippen molar-refractivity contribution in [2.45, 2.75) is 6.92 Å². The van der Waals surface area contributed by atoms with Crippen LogP contribution in [0.5, 0.6) is 11.5 Å². The molecule has 2 aliphatic rings. The molecule has 0 N–H and O–H groups in total. The van der Waals surface area contributed by atoms with Crippen LogP contribution in [0, 0.1) is 0 Å². The van der Waals surface area contributed by atoms with Gasteiger partial charge >= 0.3 is 0 Å². The second-order valence-corrected chi connectivity index (χ2v) is 7.33. The Bertz CT molecular complexity index is 936. The third kappa shape index (κ3) is 2.98. The third-order valence-electron chi connectivity index (χ3n) is 3.93. The van der Waals surface area contributed by atoms with Crippen molar-refractivity contribution in [3.63, 3.8) is 0 Å². The Morgan fingerprint density at radius 3 is 2.52 bits per heavy atom. The van der Waals surface area contributed by atoms with Gasteiger partial charge in [0.05, 0.1) is 17.0 Å². The standard InChI is InChI=1S/C18H12Br2N2O3/c1-10-14(6-11-7-16-17(8-15(11)20)25-9-24-16)18(23)22(21-10)13-4-2-12(19)3-5-13/h2-8H,9H2,1H3/b14-6-. The van der Waals surface area contributed by atoms with E-state index in [2.05, 4.69) is 37.0 Å². The number of hydrogen-bond acceptors (Lipinski definition) is 4. The predicted octanol–water partition coefficient (Wildman–Crippen LogP) is 4.75. The molecule has 5 nitrogen and oxygen atoms in total. The molecule has 4 rings (SSSR count). The first-order valence-electron chi connectivity index (χ1n) is 7.49. The van der Waals surface area contributed by atoms with Crippen LogP contribution in [-0.4, -0.2) is 18.4 Å². The highest BCUT2D eigenvalue weighted by molar-refractivity contribution is 9.10. The molecule has 0 fully saturated rings. The smallest absolute Gasteiger partial charge is 0.280 e. The quantitative estimate of drug-likeness (QED) is 0.604. The Balaban J connectivity index is 1.70. The van der Waals surface area contributed by atoms with Crippen LogP contribution in [0.4, 0.5) is 5.69 Å². The number of carbonyl (C=O) groups is 1. The molecule has 25 heavy (non-hydrogen) atoms. The van der Waals surface area contributed by atoms with E-state index in [4.69, 9.17) is 9.47 Å². The number of benzene rings is 2. The molecule has 0 radical (unpaired) electrons. The Kier molecular flexibility index (Phi) is 4.13. The van der Waals surface area contributed by atoms with Gasteiger partial charge in [-0.2, -0.15) is 10.1 Å². The minimum atomic E-state index is -0.163. The minimum Gasteiger partial charge on any atom is -0.454 e. The zero-order valence-corrected chi connectivity index (χ0v) is 16.3. The fourth-order valence-corrected chi connectivity index (χ4v) is 3.34. The van der Waals surface area contributed by atoms with Crippen molar-refractivity contribution >= 4 is 55.2 Å². The first-order chi connectivity index (χ1) is 12.0. The summed E-state index contributed by atoms with van der Waals surface area (Å²) < 4.78 is 12.5. The fraction of sp³-hybridized carbons (Fsp3) is 0.111. The first-order valence-corrected chi connectivity index (χ1v) is 9.08. The normalized spacial score (nSPS) is 17.4. The largest absolute Gasteiger partial charge is 0.454 e. The summed E-state index contributed by atoms with van der Waals surface area (Å²) in [5, 5.41) is 5.81. The third-order valence-corrected chi connectivity index (χ3v) is 5.14. The van der Waals surface area contributed by atoms with Gasteiger partial charge in [-0.25, -0.2) is 0 Å². The van der Waals surface area contributed by atoms with Gasteiger partial charge in [-0.05, 0) is 55.0 Å². The molecule has 0 saturated carbocycles. The van der Waals surface area contributed by atoms with Gasteiger partial charge in [0, 0.05) is 8.95 Å². The van der Waals surface area contributed by atoms with Crippen molar-refractivity contribution < 1.29 is 14.3 Å². The van der Waals surface area contributed by atoms with Crippen LogP contribution in [-0.2, 0) is 4.79 Å². The molecular formula is C18H12Br2N2O3. The molecule has 2 heterocycles. The van der Waals surface area contributed by atoms with Crippen molar-refractivity contribution in [3.05, 3.63) is 56.5 Å². The van der Waals surface area contributed by atoms with Gasteiger partial charge in [0.15, 0.2) is 11.5 Å². The highest BCUT2D eigenvalue weighted by Crippen LogP contribution is 2.38. The molecule has 0 unspecified atom stereocenters. The number of carbonyl (C=O) groups excluding carboxylic acids is 1. The average Bonchev–Trinajstić information content (AvgIpc) is 3.15. The number of nitrogens with zero attached hydrogens (tertiary/aromatic N) is 2. The van der Waals surface area contributed by atoms with Gasteiger partial charge in [-0.15, -0.1) is 0 Å². The number of anilines is 1. The summed E-state index contributed by atoms with van der Waals surface area (Å²) in [6, 6.07) is 11.1. The van der Waals surface area contributed by atoms with Crippen LogP contribution < -0.4 is 14.5 Å². The van der Waals surface area contributed by atoms with E-state index in [1.165, 1.54) is 5.01 Å². The fourth-order valence-electron chi connectivity index (χ4n) is 2.64. The van der Waals surface area contributed by atoms with E-state index >= 15 is 0 Å². The van der Waals surface area contributed by atoms with Crippen LogP contribution in [0.1, 0.15) is 12.5 Å². The highest BCUT2D eigenvalue weighted by atomic mass is 79.9. The van der Waals surface area contributed by atoms with Crippen molar-refractivity contribution in [2.75, 3.05) is 11.8 Å². The molecular weight excluding hydrogens is 452 g/mol. The van der Waals surface area contributed by atoms with Crippen molar-refractivity contribution in [1.82, 2.24) is 0 Å². The first kappa shape index (κ1) is 16.4. The van der Waals surface area contributed by atoms with E-state index < -0.39 is 0 Å². The highest BCUT2D eigenvalue weighted by Gasteiger charge is 2.29. The Morgan fingerprint density at radius 2 is 1.80 bits per heavy atom. The second-order valence-electron chi connectivity index (χ2n) is 5.56. The van der Waals surface area contributed by atoms with Gasteiger partial charge in [0.1, 0.15) is 0 Å². The number of amides is 1. The molecule has 7 heteroatoms. The van der Waals surface area contributed by atoms with Crippen molar-refractivity contribution in [3.8, 4) is 11.5 Å². The molecule has 2 aromatic carbocycles. The van der Waals surface area contributed by atoms with Gasteiger partial charge < -0.3 is 9.47 Å². The lowest BCUT2D eigenvalue weighted by Crippen LogP contribution is -2.21. The number of rotatable bonds is 2. The number of halogens is 2. The molecule has 0 aromatic heterocycles. The van der Waals surface area contributed by atoms with E-state index in [0.29, 0.717) is 22.8 Å². The summed E-state index contributed by atoms with van der Waals surface area (Å²) >= 11 is 6.91. The minimum absolute atomic E-state index is 0.163. The maximum absolute atomic E-state index is 12.8. The molecule has 1 amide bonds. The Labute approximate surface area is 161 Å². The van der Waals surface area contributed by atoms with Crippen LogP contribution in [0.25, 0.3) is 6.08 Å². The molecule has 0 atom stereocenters. The van der Waals surface area contributed by atoms with Gasteiger partial charge in [-0.3, -0.25) is 4.79 Å². The molecule has 126 valence electrons. The van der Waals surface area contributed by atoms with Gasteiger partial charge in [0.2, 0.25) is 6.79 Å². The predicted molar refractivity (Wildman–Crippen MR) is 103 cm³/mol. The maximum Gasteiger partial charge on any atom is 0.280 e. The van der Waals surface area contributed by atoms with E-state index in [1.807, 2.05) is 49.4 Å². The lowest BCUT2D eigenvalue weighted by atomic mass is 10.1. The molecule has 0 spiro atoms. The molecule has 0 bridgehead atoms. The lowest BCUT2D eigenvalue weighted by molar-refractivity contribution is -0.114. The Morgan fingerprint density at radius 1 is 1.12 bits per heavy atom. The summed E-state index contributed by atoms with van der Waals surface area (Å²) in [6.07, 6.45) is 1.81. The van der Waals surface area contributed by atoms with Crippen LogP contribution in [0.15, 0.2) is 56.0 Å². The van der Waals surface area contributed by atoms with Crippen LogP contribution in [0.2, 0.25) is 0 Å². The van der Waals surface area contributed by atoms with Crippen molar-refractivity contribution in [2.24, 2.45) is 5.10 Å². The zero-order valence-electron chi connectivity index (χ0n) is 13.1. The molecule has 0 aliphatic carbocycles. The van der Waals surface area contributed by atoms with Gasteiger partial charge in [-0.1, -0.05) is 31.9 Å². The molecule has 2 aromatic rings. The summed E-state index contributed by atoms with van der Waals surface area (Å²) in [5.41, 5.74) is 2.76. The number of hydrazone groups is 1. The number of fused-ring (bicyclic) bond motifs is 1. The molecule has 2 aliphatic heterocycles. The van der Waals surface area contributed by atoms with Gasteiger partial charge in [0.25, 0.3) is 5.91 Å². The second kappa shape index (κ2) is 6.31. The Hall–Kier alpha value is -2.12. The SMILES string of the molecule is CC1=NN(c2ccc(Br)cc2)C(=O)/C1=C\c1cc2c(cc1Br)OCO2. The van der Waals surface area contributed by atoms with E-state index in [1.54, 1.807) is 0 Å². The average molecular weight is 464 g/mol. The topological polar surface area (TPSA) is 51.1 Å². The summed E-state index contributed by atoms with van der Waals surface area (Å²) in [4.78, 5) is 12.8. The summed E-state index contributed by atoms with van der Waals surface area (Å²) in [7, 11) is 0. The zero-order chi connectivity index (χ0) is 17.6. The number of ether oxygens (including phenoxy) is 2. The summed E-state index contributed by atoms with van der Waals surface area (Å²) in [5.74, 6) is 1.19. The number of hydrogen-bond donors (Lipinski definition) is 0.